The summed E-state index contributed by atoms with van der Waals surface area (Å²) in [6.07, 6.45) is 0. The fraction of sp³-hybridized carbons (Fsp3) is 0.200. The van der Waals surface area contributed by atoms with E-state index in [2.05, 4.69) is 6.07 Å². The largest absolute Gasteiger partial charge is 0.439 e. The van der Waals surface area contributed by atoms with Crippen LogP contribution in [0.1, 0.15) is 26.8 Å². The molecule has 3 heterocycles. The molecular formula is C20H17N3O2S. The first-order chi connectivity index (χ1) is 12.4. The predicted octanol–water partition coefficient (Wildman–Crippen LogP) is 3.44. The summed E-state index contributed by atoms with van der Waals surface area (Å²) in [4.78, 5) is 15.4. The normalized spacial score (nSPS) is 16.3. The molecule has 0 amide bonds. The van der Waals surface area contributed by atoms with Crippen molar-refractivity contribution in [3.63, 3.8) is 0 Å². The third-order valence-electron chi connectivity index (χ3n) is 4.86. The molecule has 5 nitrogen and oxygen atoms in total. The van der Waals surface area contributed by atoms with Crippen LogP contribution in [0, 0.1) is 25.2 Å². The highest BCUT2D eigenvalue weighted by molar-refractivity contribution is 7.12. The van der Waals surface area contributed by atoms with Gasteiger partial charge in [0.05, 0.1) is 17.0 Å². The number of fused-ring (bicyclic) bond motifs is 3. The number of nitrogens with two attached hydrogens (primary N) is 1. The number of aromatic nitrogens is 1. The lowest BCUT2D eigenvalue weighted by molar-refractivity contribution is 0.396. The second-order valence-corrected chi connectivity index (χ2v) is 7.88. The zero-order valence-electron chi connectivity index (χ0n) is 14.7. The highest BCUT2D eigenvalue weighted by Crippen LogP contribution is 2.45. The van der Waals surface area contributed by atoms with Crippen LogP contribution >= 0.6 is 11.3 Å². The van der Waals surface area contributed by atoms with Gasteiger partial charge in [-0.1, -0.05) is 12.1 Å². The van der Waals surface area contributed by atoms with Crippen LogP contribution in [0.15, 0.2) is 46.6 Å². The van der Waals surface area contributed by atoms with Gasteiger partial charge in [-0.25, -0.2) is 0 Å². The predicted molar refractivity (Wildman–Crippen MR) is 102 cm³/mol. The van der Waals surface area contributed by atoms with E-state index in [1.165, 1.54) is 0 Å². The van der Waals surface area contributed by atoms with E-state index in [0.29, 0.717) is 11.3 Å². The van der Waals surface area contributed by atoms with Crippen LogP contribution < -0.4 is 16.0 Å². The zero-order valence-corrected chi connectivity index (χ0v) is 15.5. The monoisotopic (exact) mass is 363 g/mol. The van der Waals surface area contributed by atoms with Crippen LogP contribution in [0.4, 0.5) is 0 Å². The Hall–Kier alpha value is -3.04. The molecule has 0 spiro atoms. The van der Waals surface area contributed by atoms with Gasteiger partial charge in [-0.2, -0.15) is 5.26 Å². The summed E-state index contributed by atoms with van der Waals surface area (Å²) < 4.78 is 7.41. The van der Waals surface area contributed by atoms with E-state index in [1.54, 1.807) is 23.0 Å². The van der Waals surface area contributed by atoms with Gasteiger partial charge in [0.2, 0.25) is 5.88 Å². The van der Waals surface area contributed by atoms with E-state index in [0.717, 1.165) is 26.2 Å². The first kappa shape index (κ1) is 16.4. The lowest BCUT2D eigenvalue weighted by Crippen LogP contribution is -2.31. The molecule has 4 rings (SSSR count). The van der Waals surface area contributed by atoms with Gasteiger partial charge in [-0.3, -0.25) is 4.79 Å². The van der Waals surface area contributed by atoms with Crippen LogP contribution in [0.2, 0.25) is 0 Å². The quantitative estimate of drug-likeness (QED) is 0.718. The van der Waals surface area contributed by atoms with Gasteiger partial charge in [-0.15, -0.1) is 11.3 Å². The molecule has 1 aromatic carbocycles. The third kappa shape index (κ3) is 2.18. The molecule has 26 heavy (non-hydrogen) atoms. The third-order valence-corrected chi connectivity index (χ3v) is 5.84. The molecule has 6 heteroatoms. The number of thiophene rings is 1. The van der Waals surface area contributed by atoms with E-state index < -0.39 is 5.92 Å². The maximum Gasteiger partial charge on any atom is 0.258 e. The van der Waals surface area contributed by atoms with Crippen molar-refractivity contribution in [1.29, 1.82) is 5.26 Å². The summed E-state index contributed by atoms with van der Waals surface area (Å²) in [6.45, 7) is 4.01. The number of aryl methyl sites for hydroxylation is 3. The maximum atomic E-state index is 13.2. The van der Waals surface area contributed by atoms with Crippen LogP contribution in [0.25, 0.3) is 10.9 Å². The Bertz CT molecular complexity index is 1190. The molecule has 0 saturated heterocycles. The van der Waals surface area contributed by atoms with Crippen molar-refractivity contribution in [2.75, 3.05) is 0 Å². The Kier molecular flexibility index (Phi) is 3.63. The summed E-state index contributed by atoms with van der Waals surface area (Å²) in [7, 11) is 1.74. The second kappa shape index (κ2) is 5.75. The molecular weight excluding hydrogens is 346 g/mol. The number of para-hydroxylation sites is 1. The first-order valence-corrected chi connectivity index (χ1v) is 9.01. The maximum absolute atomic E-state index is 13.2. The average Bonchev–Trinajstić information content (AvgIpc) is 2.96. The molecule has 0 unspecified atom stereocenters. The zero-order chi connectivity index (χ0) is 18.6. The van der Waals surface area contributed by atoms with Gasteiger partial charge in [0.25, 0.3) is 5.56 Å². The molecule has 130 valence electrons. The molecule has 2 aromatic heterocycles. The molecule has 2 N–H and O–H groups in total. The summed E-state index contributed by atoms with van der Waals surface area (Å²) in [6, 6.07) is 11.7. The van der Waals surface area contributed by atoms with Crippen molar-refractivity contribution in [2.24, 2.45) is 12.8 Å². The minimum atomic E-state index is -0.517. The highest BCUT2D eigenvalue weighted by Gasteiger charge is 2.36. The van der Waals surface area contributed by atoms with Crippen molar-refractivity contribution in [3.05, 3.63) is 73.0 Å². The van der Waals surface area contributed by atoms with Crippen molar-refractivity contribution in [2.45, 2.75) is 19.8 Å². The van der Waals surface area contributed by atoms with Gasteiger partial charge in [0, 0.05) is 22.2 Å². The van der Waals surface area contributed by atoms with Crippen molar-refractivity contribution >= 4 is 22.2 Å². The number of pyridine rings is 1. The molecule has 1 aliphatic heterocycles. The number of rotatable bonds is 1. The molecule has 1 aliphatic rings. The molecule has 0 radical (unpaired) electrons. The number of ether oxygens (including phenoxy) is 1. The molecule has 0 bridgehead atoms. The van der Waals surface area contributed by atoms with Crippen LogP contribution in [-0.4, -0.2) is 4.57 Å². The van der Waals surface area contributed by atoms with Crippen molar-refractivity contribution in [1.82, 2.24) is 4.57 Å². The van der Waals surface area contributed by atoms with Gasteiger partial charge >= 0.3 is 0 Å². The van der Waals surface area contributed by atoms with E-state index in [1.807, 2.05) is 44.2 Å². The summed E-state index contributed by atoms with van der Waals surface area (Å²) in [5.74, 6) is -0.00267. The lowest BCUT2D eigenvalue weighted by Gasteiger charge is -2.27. The first-order valence-electron chi connectivity index (χ1n) is 8.20. The fourth-order valence-corrected chi connectivity index (χ4v) is 4.64. The van der Waals surface area contributed by atoms with Crippen LogP contribution in [-0.2, 0) is 7.05 Å². The fourth-order valence-electron chi connectivity index (χ4n) is 3.67. The smallest absolute Gasteiger partial charge is 0.258 e. The van der Waals surface area contributed by atoms with E-state index in [9.17, 15) is 10.1 Å². The number of allylic oxidation sites excluding steroid dienone is 1. The van der Waals surface area contributed by atoms with Crippen LogP contribution in [0.3, 0.4) is 0 Å². The van der Waals surface area contributed by atoms with Crippen molar-refractivity contribution in [3.8, 4) is 11.8 Å². The standard InChI is InChI=1S/C20H17N3O2S/c1-10-8-13(11(2)26-10)16-14(9-21)19(22)25-18-12-6-4-5-7-15(12)23(3)20(24)17(16)18/h4-8,16H,22H2,1-3H3/t16-/m0/s1. The topological polar surface area (TPSA) is 81.0 Å². The molecule has 1 atom stereocenters. The van der Waals surface area contributed by atoms with Gasteiger partial charge in [0.1, 0.15) is 17.4 Å². The summed E-state index contributed by atoms with van der Waals surface area (Å²) in [5.41, 5.74) is 8.38. The summed E-state index contributed by atoms with van der Waals surface area (Å²) in [5, 5.41) is 10.5. The van der Waals surface area contributed by atoms with E-state index >= 15 is 0 Å². The molecule has 0 saturated carbocycles. The molecule has 0 fully saturated rings. The minimum absolute atomic E-state index is 0.0617. The lowest BCUT2D eigenvalue weighted by atomic mass is 9.83. The number of nitriles is 1. The van der Waals surface area contributed by atoms with Crippen molar-refractivity contribution < 1.29 is 4.74 Å². The number of nitrogens with zero attached hydrogens (tertiary/aromatic N) is 2. The number of hydrogen-bond acceptors (Lipinski definition) is 5. The van der Waals surface area contributed by atoms with Gasteiger partial charge in [0.15, 0.2) is 0 Å². The Labute approximate surface area is 154 Å². The summed E-state index contributed by atoms with van der Waals surface area (Å²) >= 11 is 1.64. The number of hydrogen-bond donors (Lipinski definition) is 1. The Morgan fingerprint density at radius 1 is 1.31 bits per heavy atom. The Morgan fingerprint density at radius 3 is 2.69 bits per heavy atom. The van der Waals surface area contributed by atoms with Gasteiger partial charge in [-0.05, 0) is 37.6 Å². The molecule has 3 aromatic rings. The van der Waals surface area contributed by atoms with Crippen LogP contribution in [0.5, 0.6) is 5.75 Å². The Balaban J connectivity index is 2.16. The second-order valence-electron chi connectivity index (χ2n) is 6.42. The highest BCUT2D eigenvalue weighted by atomic mass is 32.1. The van der Waals surface area contributed by atoms with Gasteiger partial charge < -0.3 is 15.0 Å². The SMILES string of the molecule is Cc1cc([C@H]2C(C#N)=C(N)Oc3c2c(=O)n(C)c2ccccc32)c(C)s1. The van der Waals surface area contributed by atoms with E-state index in [4.69, 9.17) is 10.5 Å². The Morgan fingerprint density at radius 2 is 2.04 bits per heavy atom. The minimum Gasteiger partial charge on any atom is -0.439 e. The number of benzene rings is 1. The average molecular weight is 363 g/mol. The van der Waals surface area contributed by atoms with E-state index in [-0.39, 0.29) is 17.0 Å². The molecule has 0 aliphatic carbocycles.